The van der Waals surface area contributed by atoms with Gasteiger partial charge in [0.05, 0.1) is 5.60 Å². The first-order valence-electron chi connectivity index (χ1n) is 10.0. The van der Waals surface area contributed by atoms with Crippen LogP contribution in [0.4, 0.5) is 0 Å². The second-order valence-electron chi connectivity index (χ2n) is 10.1. The molecule has 2 heteroatoms. The molecule has 0 unspecified atom stereocenters. The summed E-state index contributed by atoms with van der Waals surface area (Å²) in [5.41, 5.74) is 4.44. The monoisotopic (exact) mass is 384 g/mol. The fourth-order valence-corrected chi connectivity index (χ4v) is 5.60. The van der Waals surface area contributed by atoms with Gasteiger partial charge in [-0.1, -0.05) is 50.2 Å². The van der Waals surface area contributed by atoms with Crippen LogP contribution in [0.1, 0.15) is 68.7 Å². The largest absolute Gasteiger partial charge is 0.386 e. The van der Waals surface area contributed by atoms with E-state index in [1.807, 2.05) is 19.9 Å². The van der Waals surface area contributed by atoms with Crippen molar-refractivity contribution in [1.82, 2.24) is 0 Å². The molecule has 1 N–H and O–H groups in total. The summed E-state index contributed by atoms with van der Waals surface area (Å²) >= 11 is 0. The maximum absolute atomic E-state index is 10.7. The lowest BCUT2D eigenvalue weighted by molar-refractivity contribution is 0.0764. The van der Waals surface area contributed by atoms with Gasteiger partial charge in [0.25, 0.3) is 0 Å². The van der Waals surface area contributed by atoms with E-state index in [1.165, 1.54) is 24.0 Å². The first kappa shape index (κ1) is 20.5. The Hall–Kier alpha value is -1.25. The van der Waals surface area contributed by atoms with Crippen LogP contribution in [0.2, 0.25) is 0 Å². The van der Waals surface area contributed by atoms with Crippen molar-refractivity contribution in [3.63, 3.8) is 0 Å². The van der Waals surface area contributed by atoms with Crippen LogP contribution in [0.15, 0.2) is 47.4 Å². The minimum absolute atomic E-state index is 0.0342. The first-order valence-corrected chi connectivity index (χ1v) is 12.9. The molecule has 0 saturated heterocycles. The molecule has 1 fully saturated rings. The Morgan fingerprint density at radius 1 is 0.926 bits per heavy atom. The summed E-state index contributed by atoms with van der Waals surface area (Å²) in [6.45, 7) is 8.37. The highest BCUT2D eigenvalue weighted by atomic mass is 32.3. The lowest BCUT2D eigenvalue weighted by atomic mass is 9.74. The summed E-state index contributed by atoms with van der Waals surface area (Å²) in [6, 6.07) is 15.6. The van der Waals surface area contributed by atoms with Crippen molar-refractivity contribution in [2.75, 3.05) is 18.8 Å². The molecular formula is C25H36OS. The second-order valence-corrected chi connectivity index (χ2v) is 14.3. The Balaban J connectivity index is 1.97. The molecule has 0 aromatic heterocycles. The van der Waals surface area contributed by atoms with Gasteiger partial charge in [0, 0.05) is 0 Å². The minimum Gasteiger partial charge on any atom is -0.386 e. The average molecular weight is 385 g/mol. The molecule has 2 aromatic carbocycles. The van der Waals surface area contributed by atoms with Gasteiger partial charge < -0.3 is 5.11 Å². The van der Waals surface area contributed by atoms with Gasteiger partial charge in [-0.15, -0.1) is 0 Å². The molecule has 3 rings (SSSR count). The van der Waals surface area contributed by atoms with Crippen molar-refractivity contribution in [1.29, 1.82) is 0 Å². The van der Waals surface area contributed by atoms with Gasteiger partial charge in [-0.2, -0.15) is 0 Å². The van der Waals surface area contributed by atoms with Crippen LogP contribution in [0, 0.1) is 0 Å². The van der Waals surface area contributed by atoms with E-state index in [2.05, 4.69) is 69.0 Å². The van der Waals surface area contributed by atoms with Crippen molar-refractivity contribution in [3.8, 4) is 0 Å². The average Bonchev–Trinajstić information content (AvgIpc) is 3.37. The zero-order valence-electron chi connectivity index (χ0n) is 18.1. The summed E-state index contributed by atoms with van der Waals surface area (Å²) in [6.07, 6.45) is 10.9. The smallest absolute Gasteiger partial charge is 0.0843 e. The topological polar surface area (TPSA) is 20.2 Å². The zero-order valence-corrected chi connectivity index (χ0v) is 18.9. The highest BCUT2D eigenvalue weighted by Gasteiger charge is 2.31. The lowest BCUT2D eigenvalue weighted by Gasteiger charge is -2.33. The van der Waals surface area contributed by atoms with Crippen LogP contribution in [0.25, 0.3) is 0 Å². The molecule has 27 heavy (non-hydrogen) atoms. The van der Waals surface area contributed by atoms with Crippen molar-refractivity contribution in [3.05, 3.63) is 64.7 Å². The van der Waals surface area contributed by atoms with Gasteiger partial charge in [0.2, 0.25) is 0 Å². The number of hydrogen-bond donors (Lipinski definition) is 1. The molecule has 0 bridgehead atoms. The maximum atomic E-state index is 10.7. The van der Waals surface area contributed by atoms with Crippen molar-refractivity contribution in [2.45, 2.75) is 68.8 Å². The van der Waals surface area contributed by atoms with E-state index in [0.717, 1.165) is 17.9 Å². The molecule has 0 radical (unpaired) electrons. The Morgan fingerprint density at radius 3 is 2.04 bits per heavy atom. The van der Waals surface area contributed by atoms with Gasteiger partial charge in [-0.05, 0) is 96.4 Å². The molecule has 0 aliphatic heterocycles. The molecule has 2 aromatic rings. The van der Waals surface area contributed by atoms with E-state index in [-0.39, 0.29) is 5.41 Å². The third-order valence-electron chi connectivity index (χ3n) is 5.71. The first-order chi connectivity index (χ1) is 12.4. The number of aliphatic hydroxyl groups is 1. The number of hydrogen-bond acceptors (Lipinski definition) is 1. The van der Waals surface area contributed by atoms with E-state index in [0.29, 0.717) is 0 Å². The summed E-state index contributed by atoms with van der Waals surface area (Å²) in [4.78, 5) is 1.59. The Kier molecular flexibility index (Phi) is 5.29. The van der Waals surface area contributed by atoms with Gasteiger partial charge in [0.1, 0.15) is 0 Å². The van der Waals surface area contributed by atoms with E-state index in [9.17, 15) is 5.11 Å². The summed E-state index contributed by atoms with van der Waals surface area (Å²) in [5.74, 6) is 0.776. The van der Waals surface area contributed by atoms with Gasteiger partial charge in [0.15, 0.2) is 0 Å². The highest BCUT2D eigenvalue weighted by Crippen LogP contribution is 2.53. The third kappa shape index (κ3) is 4.60. The number of benzene rings is 2. The van der Waals surface area contributed by atoms with Crippen molar-refractivity contribution in [2.24, 2.45) is 0 Å². The molecule has 1 nitrogen and oxygen atoms in total. The van der Waals surface area contributed by atoms with Crippen LogP contribution in [0.5, 0.6) is 0 Å². The molecule has 1 aliphatic carbocycles. The predicted molar refractivity (Wildman–Crippen MR) is 120 cm³/mol. The minimum atomic E-state index is -0.827. The summed E-state index contributed by atoms with van der Waals surface area (Å²) in [7, 11) is -0.710. The zero-order chi connectivity index (χ0) is 20.0. The predicted octanol–water partition coefficient (Wildman–Crippen LogP) is 6.36. The molecule has 1 aliphatic rings. The molecule has 1 saturated carbocycles. The van der Waals surface area contributed by atoms with E-state index < -0.39 is 15.6 Å². The SMILES string of the molecule is CC(C)(O)c1ccccc1C(C)(C)Cc1ccc(S(C)(C)C)c(C2CC2)c1. The van der Waals surface area contributed by atoms with Crippen LogP contribution in [0.3, 0.4) is 0 Å². The van der Waals surface area contributed by atoms with Crippen molar-refractivity contribution >= 4 is 10.0 Å². The molecule has 148 valence electrons. The van der Waals surface area contributed by atoms with Crippen LogP contribution in [-0.2, 0) is 17.4 Å². The third-order valence-corrected chi connectivity index (χ3v) is 7.40. The fraction of sp³-hybridized carbons (Fsp3) is 0.520. The van der Waals surface area contributed by atoms with Crippen molar-refractivity contribution < 1.29 is 5.11 Å². The van der Waals surface area contributed by atoms with E-state index in [1.54, 1.807) is 10.5 Å². The normalized spacial score (nSPS) is 16.4. The van der Waals surface area contributed by atoms with Gasteiger partial charge in [-0.25, -0.2) is 10.0 Å². The number of rotatable bonds is 6. The quantitative estimate of drug-likeness (QED) is 0.614. The van der Waals surface area contributed by atoms with Crippen LogP contribution >= 0.6 is 10.0 Å². The Bertz CT molecular complexity index is 817. The van der Waals surface area contributed by atoms with E-state index in [4.69, 9.17) is 0 Å². The van der Waals surface area contributed by atoms with E-state index >= 15 is 0 Å². The standard InChI is InChI=1S/C25H36OS/c1-24(2,21-10-8-9-11-22(21)25(3,4)26)17-18-12-15-23(27(5,6)7)20(16-18)19-13-14-19/h8-12,15-16,19,26H,13-14,17H2,1-7H3. The molecular weight excluding hydrogens is 348 g/mol. The summed E-state index contributed by atoms with van der Waals surface area (Å²) in [5, 5.41) is 10.7. The molecule has 0 spiro atoms. The van der Waals surface area contributed by atoms with Gasteiger partial charge in [-0.3, -0.25) is 0 Å². The van der Waals surface area contributed by atoms with Crippen LogP contribution < -0.4 is 0 Å². The second kappa shape index (κ2) is 6.97. The fourth-order valence-electron chi connectivity index (χ4n) is 4.19. The Morgan fingerprint density at radius 2 is 1.52 bits per heavy atom. The Labute approximate surface area is 167 Å². The van der Waals surface area contributed by atoms with Crippen LogP contribution in [-0.4, -0.2) is 23.9 Å². The lowest BCUT2D eigenvalue weighted by Crippen LogP contribution is -2.27. The van der Waals surface area contributed by atoms with Gasteiger partial charge >= 0.3 is 0 Å². The molecule has 0 amide bonds. The molecule has 0 atom stereocenters. The summed E-state index contributed by atoms with van der Waals surface area (Å²) < 4.78 is 0. The maximum Gasteiger partial charge on any atom is 0.0843 e. The molecule has 0 heterocycles. The highest BCUT2D eigenvalue weighted by molar-refractivity contribution is 8.32.